The number of aliphatic carboxylic acids is 1. The molecule has 0 spiro atoms. The molecule has 0 amide bonds. The molecule has 106 valence electrons. The minimum atomic E-state index is -0.757. The molecule has 2 unspecified atom stereocenters. The molecule has 19 heavy (non-hydrogen) atoms. The monoisotopic (exact) mass is 263 g/mol. The third-order valence-electron chi connectivity index (χ3n) is 3.23. The maximum Gasteiger partial charge on any atom is 0.303 e. The van der Waals surface area contributed by atoms with Gasteiger partial charge in [-0.1, -0.05) is 45.0 Å². The van der Waals surface area contributed by atoms with E-state index < -0.39 is 5.97 Å². The summed E-state index contributed by atoms with van der Waals surface area (Å²) < 4.78 is 0. The van der Waals surface area contributed by atoms with Crippen molar-refractivity contribution in [3.05, 3.63) is 35.4 Å². The van der Waals surface area contributed by atoms with Crippen molar-refractivity contribution in [2.75, 3.05) is 0 Å². The van der Waals surface area contributed by atoms with Crippen LogP contribution in [0.15, 0.2) is 24.3 Å². The number of nitrogens with two attached hydrogens (primary N) is 1. The Morgan fingerprint density at radius 1 is 1.21 bits per heavy atom. The van der Waals surface area contributed by atoms with Crippen LogP contribution in [0.2, 0.25) is 0 Å². The topological polar surface area (TPSA) is 63.3 Å². The van der Waals surface area contributed by atoms with E-state index >= 15 is 0 Å². The third kappa shape index (κ3) is 5.88. The zero-order chi connectivity index (χ0) is 14.4. The normalized spacial score (nSPS) is 14.4. The molecule has 0 saturated carbocycles. The van der Waals surface area contributed by atoms with E-state index in [-0.39, 0.29) is 18.4 Å². The summed E-state index contributed by atoms with van der Waals surface area (Å²) in [6.45, 7) is 6.33. The number of carboxylic acid groups (broad SMARTS) is 1. The highest BCUT2D eigenvalue weighted by Crippen LogP contribution is 2.21. The molecule has 0 fully saturated rings. The summed E-state index contributed by atoms with van der Waals surface area (Å²) in [6.07, 6.45) is 1.96. The van der Waals surface area contributed by atoms with Crippen LogP contribution in [-0.2, 0) is 11.2 Å². The van der Waals surface area contributed by atoms with Gasteiger partial charge in [-0.2, -0.15) is 0 Å². The van der Waals surface area contributed by atoms with E-state index in [4.69, 9.17) is 10.8 Å². The van der Waals surface area contributed by atoms with Crippen molar-refractivity contribution in [3.63, 3.8) is 0 Å². The Hall–Kier alpha value is -1.35. The van der Waals surface area contributed by atoms with Crippen molar-refractivity contribution in [2.24, 2.45) is 17.6 Å². The summed E-state index contributed by atoms with van der Waals surface area (Å²) in [5.41, 5.74) is 8.54. The molecule has 3 heteroatoms. The number of carbonyl (C=O) groups is 1. The minimum absolute atomic E-state index is 0.0811. The molecule has 0 aliphatic heterocycles. The van der Waals surface area contributed by atoms with E-state index in [1.165, 1.54) is 5.56 Å². The Morgan fingerprint density at radius 3 is 2.26 bits per heavy atom. The number of benzene rings is 1. The lowest BCUT2D eigenvalue weighted by atomic mass is 9.93. The van der Waals surface area contributed by atoms with Crippen molar-refractivity contribution in [1.82, 2.24) is 0 Å². The van der Waals surface area contributed by atoms with Crippen LogP contribution in [0.4, 0.5) is 0 Å². The van der Waals surface area contributed by atoms with Gasteiger partial charge in [-0.05, 0) is 35.8 Å². The molecular formula is C16H25NO2. The van der Waals surface area contributed by atoms with E-state index in [2.05, 4.69) is 38.1 Å². The first-order valence-corrected chi connectivity index (χ1v) is 6.94. The summed E-state index contributed by atoms with van der Waals surface area (Å²) >= 11 is 0. The molecule has 0 aliphatic carbocycles. The zero-order valence-electron chi connectivity index (χ0n) is 12.1. The van der Waals surface area contributed by atoms with Crippen LogP contribution in [-0.4, -0.2) is 11.1 Å². The predicted octanol–water partition coefficient (Wildman–Crippen LogP) is 3.39. The Balaban J connectivity index is 2.57. The molecule has 0 radical (unpaired) electrons. The average Bonchev–Trinajstić information content (AvgIpc) is 2.27. The maximum absolute atomic E-state index is 10.6. The lowest BCUT2D eigenvalue weighted by Gasteiger charge is -2.17. The molecule has 0 saturated heterocycles. The van der Waals surface area contributed by atoms with E-state index in [0.29, 0.717) is 12.3 Å². The molecule has 3 N–H and O–H groups in total. The van der Waals surface area contributed by atoms with Crippen LogP contribution in [0.3, 0.4) is 0 Å². The second-order valence-electron chi connectivity index (χ2n) is 5.88. The van der Waals surface area contributed by atoms with Gasteiger partial charge in [0.1, 0.15) is 0 Å². The zero-order valence-corrected chi connectivity index (χ0v) is 12.1. The van der Waals surface area contributed by atoms with E-state index in [1.807, 2.05) is 6.92 Å². The van der Waals surface area contributed by atoms with Crippen LogP contribution < -0.4 is 5.73 Å². The fourth-order valence-corrected chi connectivity index (χ4v) is 2.32. The van der Waals surface area contributed by atoms with Crippen LogP contribution in [0.5, 0.6) is 0 Å². The van der Waals surface area contributed by atoms with Crippen LogP contribution in [0.1, 0.15) is 50.8 Å². The Morgan fingerprint density at radius 2 is 1.79 bits per heavy atom. The van der Waals surface area contributed by atoms with E-state index in [0.717, 1.165) is 12.0 Å². The van der Waals surface area contributed by atoms with Gasteiger partial charge >= 0.3 is 5.97 Å². The summed E-state index contributed by atoms with van der Waals surface area (Å²) in [6, 6.07) is 8.29. The van der Waals surface area contributed by atoms with Crippen molar-refractivity contribution in [1.29, 1.82) is 0 Å². The van der Waals surface area contributed by atoms with Crippen LogP contribution >= 0.6 is 0 Å². The number of carboxylic acids is 1. The second-order valence-corrected chi connectivity index (χ2v) is 5.88. The Labute approximate surface area is 115 Å². The molecule has 0 heterocycles. The molecular weight excluding hydrogens is 238 g/mol. The van der Waals surface area contributed by atoms with E-state index in [9.17, 15) is 4.79 Å². The maximum atomic E-state index is 10.6. The van der Waals surface area contributed by atoms with Gasteiger partial charge in [0.15, 0.2) is 0 Å². The highest BCUT2D eigenvalue weighted by atomic mass is 16.4. The number of rotatable bonds is 7. The highest BCUT2D eigenvalue weighted by molar-refractivity contribution is 5.66. The van der Waals surface area contributed by atoms with Gasteiger partial charge in [0.25, 0.3) is 0 Å². The van der Waals surface area contributed by atoms with Crippen molar-refractivity contribution < 1.29 is 9.90 Å². The Bertz CT molecular complexity index is 398. The lowest BCUT2D eigenvalue weighted by molar-refractivity contribution is -0.138. The fourth-order valence-electron chi connectivity index (χ4n) is 2.32. The quantitative estimate of drug-likeness (QED) is 0.792. The number of hydrogen-bond donors (Lipinski definition) is 2. The molecule has 1 rings (SSSR count). The molecule has 0 bridgehead atoms. The number of hydrogen-bond acceptors (Lipinski definition) is 2. The Kier molecular flexibility index (Phi) is 6.03. The standard InChI is InChI=1S/C16H25NO2/c1-11(2)8-13-4-6-14(7-5-13)15(17)9-12(3)10-16(18)19/h4-7,11-12,15H,8-10,17H2,1-3H3,(H,18,19). The van der Waals surface area contributed by atoms with Crippen molar-refractivity contribution in [3.8, 4) is 0 Å². The van der Waals surface area contributed by atoms with Gasteiger partial charge in [-0.15, -0.1) is 0 Å². The average molecular weight is 263 g/mol. The van der Waals surface area contributed by atoms with Gasteiger partial charge in [0, 0.05) is 12.5 Å². The molecule has 3 nitrogen and oxygen atoms in total. The first-order chi connectivity index (χ1) is 8.88. The summed E-state index contributed by atoms with van der Waals surface area (Å²) in [5, 5.41) is 8.75. The highest BCUT2D eigenvalue weighted by Gasteiger charge is 2.14. The van der Waals surface area contributed by atoms with Gasteiger partial charge in [0.05, 0.1) is 0 Å². The van der Waals surface area contributed by atoms with Crippen LogP contribution in [0.25, 0.3) is 0 Å². The molecule has 1 aromatic rings. The summed E-state index contributed by atoms with van der Waals surface area (Å²) in [4.78, 5) is 10.6. The summed E-state index contributed by atoms with van der Waals surface area (Å²) in [5.74, 6) is -0.00932. The second kappa shape index (κ2) is 7.29. The first kappa shape index (κ1) is 15.7. The van der Waals surface area contributed by atoms with Crippen molar-refractivity contribution >= 4 is 5.97 Å². The fraction of sp³-hybridized carbons (Fsp3) is 0.562. The van der Waals surface area contributed by atoms with Crippen LogP contribution in [0, 0.1) is 11.8 Å². The lowest BCUT2D eigenvalue weighted by Crippen LogP contribution is -2.16. The SMILES string of the molecule is CC(C)Cc1ccc(C(N)CC(C)CC(=O)O)cc1. The third-order valence-corrected chi connectivity index (χ3v) is 3.23. The summed E-state index contributed by atoms with van der Waals surface area (Å²) in [7, 11) is 0. The molecule has 0 aliphatic rings. The van der Waals surface area contributed by atoms with Gasteiger partial charge < -0.3 is 10.8 Å². The van der Waals surface area contributed by atoms with Gasteiger partial charge in [-0.3, -0.25) is 4.79 Å². The smallest absolute Gasteiger partial charge is 0.303 e. The van der Waals surface area contributed by atoms with Gasteiger partial charge in [-0.25, -0.2) is 0 Å². The molecule has 2 atom stereocenters. The van der Waals surface area contributed by atoms with Crippen molar-refractivity contribution in [2.45, 2.75) is 46.1 Å². The predicted molar refractivity (Wildman–Crippen MR) is 77.9 cm³/mol. The van der Waals surface area contributed by atoms with E-state index in [1.54, 1.807) is 0 Å². The minimum Gasteiger partial charge on any atom is -0.481 e. The van der Waals surface area contributed by atoms with Gasteiger partial charge in [0.2, 0.25) is 0 Å². The largest absolute Gasteiger partial charge is 0.481 e. The molecule has 1 aromatic carbocycles. The molecule has 0 aromatic heterocycles. The first-order valence-electron chi connectivity index (χ1n) is 6.94.